The van der Waals surface area contributed by atoms with E-state index in [9.17, 15) is 4.79 Å². The van der Waals surface area contributed by atoms with Gasteiger partial charge in [-0.1, -0.05) is 11.6 Å². The lowest BCUT2D eigenvalue weighted by Gasteiger charge is -2.06. The highest BCUT2D eigenvalue weighted by atomic mass is 35.5. The van der Waals surface area contributed by atoms with Crippen molar-refractivity contribution < 1.29 is 14.3 Å². The Morgan fingerprint density at radius 2 is 2.13 bits per heavy atom. The third kappa shape index (κ3) is 2.20. The number of methoxy groups -OCH3 is 2. The molecule has 5 heteroatoms. The van der Waals surface area contributed by atoms with E-state index in [-0.39, 0.29) is 16.1 Å². The first-order valence-corrected chi connectivity index (χ1v) is 4.37. The van der Waals surface area contributed by atoms with Crippen LogP contribution < -0.4 is 4.74 Å². The van der Waals surface area contributed by atoms with E-state index in [2.05, 4.69) is 4.74 Å². The Hall–Kier alpha value is -1.73. The van der Waals surface area contributed by atoms with Gasteiger partial charge in [0.2, 0.25) is 0 Å². The highest BCUT2D eigenvalue weighted by Crippen LogP contribution is 2.26. The number of rotatable bonds is 2. The zero-order chi connectivity index (χ0) is 11.4. The lowest BCUT2D eigenvalue weighted by molar-refractivity contribution is 0.0600. The van der Waals surface area contributed by atoms with Crippen molar-refractivity contribution in [3.05, 3.63) is 28.3 Å². The van der Waals surface area contributed by atoms with Crippen molar-refractivity contribution in [1.29, 1.82) is 5.26 Å². The highest BCUT2D eigenvalue weighted by molar-refractivity contribution is 6.32. The number of benzene rings is 1. The third-order valence-corrected chi connectivity index (χ3v) is 2.11. The number of ether oxygens (including phenoxy) is 2. The minimum absolute atomic E-state index is 0.0873. The van der Waals surface area contributed by atoms with E-state index < -0.39 is 5.97 Å². The molecule has 0 atom stereocenters. The van der Waals surface area contributed by atoms with Gasteiger partial charge in [-0.25, -0.2) is 4.79 Å². The maximum absolute atomic E-state index is 11.3. The number of nitriles is 1. The predicted molar refractivity (Wildman–Crippen MR) is 54.1 cm³/mol. The Morgan fingerprint density at radius 3 is 2.60 bits per heavy atom. The van der Waals surface area contributed by atoms with Crippen LogP contribution in [-0.4, -0.2) is 20.2 Å². The molecule has 0 aliphatic rings. The first-order valence-electron chi connectivity index (χ1n) is 4.00. The van der Waals surface area contributed by atoms with Crippen LogP contribution in [0.5, 0.6) is 5.75 Å². The SMILES string of the molecule is COC(=O)c1cc(OC)cc(Cl)c1C#N. The van der Waals surface area contributed by atoms with Crippen molar-refractivity contribution >= 4 is 17.6 Å². The van der Waals surface area contributed by atoms with Crippen LogP contribution in [0.25, 0.3) is 0 Å². The Labute approximate surface area is 92.0 Å². The summed E-state index contributed by atoms with van der Waals surface area (Å²) in [5.41, 5.74) is 0.189. The van der Waals surface area contributed by atoms with E-state index in [0.717, 1.165) is 0 Å². The molecule has 1 aromatic rings. The van der Waals surface area contributed by atoms with Gasteiger partial charge in [0.05, 0.1) is 30.4 Å². The largest absolute Gasteiger partial charge is 0.497 e. The van der Waals surface area contributed by atoms with Gasteiger partial charge in [0, 0.05) is 6.07 Å². The van der Waals surface area contributed by atoms with Crippen LogP contribution in [0.3, 0.4) is 0 Å². The van der Waals surface area contributed by atoms with Gasteiger partial charge in [-0.15, -0.1) is 0 Å². The van der Waals surface area contributed by atoms with E-state index in [0.29, 0.717) is 5.75 Å². The third-order valence-electron chi connectivity index (χ3n) is 1.82. The van der Waals surface area contributed by atoms with Gasteiger partial charge >= 0.3 is 5.97 Å². The molecule has 0 radical (unpaired) electrons. The molecule has 0 saturated carbocycles. The molecule has 4 nitrogen and oxygen atoms in total. The van der Waals surface area contributed by atoms with Crippen molar-refractivity contribution in [2.75, 3.05) is 14.2 Å². The maximum Gasteiger partial charge on any atom is 0.339 e. The summed E-state index contributed by atoms with van der Waals surface area (Å²) in [5, 5.41) is 8.99. The van der Waals surface area contributed by atoms with E-state index in [4.69, 9.17) is 21.6 Å². The fourth-order valence-electron chi connectivity index (χ4n) is 1.08. The average Bonchev–Trinajstić information content (AvgIpc) is 2.26. The lowest BCUT2D eigenvalue weighted by atomic mass is 10.1. The fraction of sp³-hybridized carbons (Fsp3) is 0.200. The minimum atomic E-state index is -0.618. The molecule has 0 spiro atoms. The van der Waals surface area contributed by atoms with E-state index in [1.165, 1.54) is 26.4 Å². The van der Waals surface area contributed by atoms with Crippen LogP contribution in [0.15, 0.2) is 12.1 Å². The number of esters is 1. The lowest BCUT2D eigenvalue weighted by Crippen LogP contribution is -2.05. The standard InChI is InChI=1S/C10H8ClNO3/c1-14-6-3-7(10(13)15-2)8(5-12)9(11)4-6/h3-4H,1-2H3. The van der Waals surface area contributed by atoms with Crippen LogP contribution in [0.2, 0.25) is 5.02 Å². The number of hydrogen-bond acceptors (Lipinski definition) is 4. The molecule has 1 rings (SSSR count). The zero-order valence-electron chi connectivity index (χ0n) is 8.20. The Balaban J connectivity index is 3.40. The number of hydrogen-bond donors (Lipinski definition) is 0. The maximum atomic E-state index is 11.3. The van der Waals surface area contributed by atoms with Gasteiger partial charge in [0.1, 0.15) is 11.8 Å². The molecule has 15 heavy (non-hydrogen) atoms. The van der Waals surface area contributed by atoms with Crippen LogP contribution >= 0.6 is 11.6 Å². The van der Waals surface area contributed by atoms with Crippen molar-refractivity contribution in [2.45, 2.75) is 0 Å². The summed E-state index contributed by atoms with van der Waals surface area (Å²) >= 11 is 5.80. The van der Waals surface area contributed by atoms with Gasteiger partial charge in [0.25, 0.3) is 0 Å². The highest BCUT2D eigenvalue weighted by Gasteiger charge is 2.16. The van der Waals surface area contributed by atoms with Crippen LogP contribution in [-0.2, 0) is 4.74 Å². The van der Waals surface area contributed by atoms with Gasteiger partial charge < -0.3 is 9.47 Å². The molecule has 0 fully saturated rings. The molecule has 78 valence electrons. The molecule has 0 aliphatic carbocycles. The van der Waals surface area contributed by atoms with Crippen LogP contribution in [0.1, 0.15) is 15.9 Å². The van der Waals surface area contributed by atoms with Crippen molar-refractivity contribution in [2.24, 2.45) is 0 Å². The van der Waals surface area contributed by atoms with Crippen molar-refractivity contribution in [1.82, 2.24) is 0 Å². The average molecular weight is 226 g/mol. The Kier molecular flexibility index (Phi) is 3.53. The van der Waals surface area contributed by atoms with E-state index >= 15 is 0 Å². The topological polar surface area (TPSA) is 59.3 Å². The number of carbonyl (C=O) groups is 1. The Morgan fingerprint density at radius 1 is 1.47 bits per heavy atom. The minimum Gasteiger partial charge on any atom is -0.497 e. The second kappa shape index (κ2) is 4.67. The smallest absolute Gasteiger partial charge is 0.339 e. The molecule has 0 heterocycles. The molecule has 0 amide bonds. The van der Waals surface area contributed by atoms with E-state index in [1.54, 1.807) is 0 Å². The molecule has 0 aromatic heterocycles. The fourth-order valence-corrected chi connectivity index (χ4v) is 1.34. The first-order chi connectivity index (χ1) is 7.13. The first kappa shape index (κ1) is 11.3. The molecule has 0 saturated heterocycles. The molecule has 0 bridgehead atoms. The van der Waals surface area contributed by atoms with Gasteiger partial charge in [-0.3, -0.25) is 0 Å². The second-order valence-corrected chi connectivity index (χ2v) is 3.04. The monoisotopic (exact) mass is 225 g/mol. The molecular formula is C10H8ClNO3. The number of nitrogens with zero attached hydrogens (tertiary/aromatic N) is 1. The van der Waals surface area contributed by atoms with Gasteiger partial charge in [-0.05, 0) is 6.07 Å². The summed E-state index contributed by atoms with van der Waals surface area (Å²) in [7, 11) is 2.68. The van der Waals surface area contributed by atoms with Gasteiger partial charge in [0.15, 0.2) is 0 Å². The Bertz CT molecular complexity index is 437. The summed E-state index contributed by atoms with van der Waals surface area (Å²) in [6.45, 7) is 0. The summed E-state index contributed by atoms with van der Waals surface area (Å²) < 4.78 is 9.46. The summed E-state index contributed by atoms with van der Waals surface area (Å²) in [6.07, 6.45) is 0. The molecule has 0 N–H and O–H groups in total. The summed E-state index contributed by atoms with van der Waals surface area (Å²) in [5.74, 6) is -0.216. The molecule has 0 aliphatic heterocycles. The summed E-state index contributed by atoms with van der Waals surface area (Å²) in [4.78, 5) is 11.3. The zero-order valence-corrected chi connectivity index (χ0v) is 8.96. The normalized spacial score (nSPS) is 9.20. The second-order valence-electron chi connectivity index (χ2n) is 2.64. The van der Waals surface area contributed by atoms with Crippen molar-refractivity contribution in [3.8, 4) is 11.8 Å². The molecule has 1 aromatic carbocycles. The summed E-state index contributed by atoms with van der Waals surface area (Å²) in [6, 6.07) is 4.72. The van der Waals surface area contributed by atoms with E-state index in [1.807, 2.05) is 6.07 Å². The number of halogens is 1. The number of carbonyl (C=O) groups excluding carboxylic acids is 1. The molecular weight excluding hydrogens is 218 g/mol. The molecule has 0 unspecified atom stereocenters. The van der Waals surface area contributed by atoms with Crippen molar-refractivity contribution in [3.63, 3.8) is 0 Å². The van der Waals surface area contributed by atoms with Gasteiger partial charge in [-0.2, -0.15) is 5.26 Å². The predicted octanol–water partition coefficient (Wildman–Crippen LogP) is 2.01. The van der Waals surface area contributed by atoms with Crippen LogP contribution in [0.4, 0.5) is 0 Å². The van der Waals surface area contributed by atoms with Crippen LogP contribution in [0, 0.1) is 11.3 Å². The quantitative estimate of drug-likeness (QED) is 0.723.